The molecular weight excluding hydrogens is 248 g/mol. The Morgan fingerprint density at radius 1 is 1.15 bits per heavy atom. The number of hydrazine groups is 1. The van der Waals surface area contributed by atoms with Crippen LogP contribution in [0.3, 0.4) is 0 Å². The van der Waals surface area contributed by atoms with Gasteiger partial charge in [-0.25, -0.2) is 0 Å². The number of rotatable bonds is 6. The minimum absolute atomic E-state index is 0.0413. The molecule has 106 valence electrons. The van der Waals surface area contributed by atoms with Gasteiger partial charge in [-0.3, -0.25) is 11.3 Å². The van der Waals surface area contributed by atoms with Gasteiger partial charge in [0.2, 0.25) is 0 Å². The number of aryl methyl sites for hydroxylation is 1. The van der Waals surface area contributed by atoms with E-state index in [9.17, 15) is 0 Å². The Morgan fingerprint density at radius 2 is 1.95 bits per heavy atom. The largest absolute Gasteiger partial charge is 0.494 e. The van der Waals surface area contributed by atoms with Gasteiger partial charge in [0.1, 0.15) is 5.75 Å². The zero-order chi connectivity index (χ0) is 14.4. The second-order valence-corrected chi connectivity index (χ2v) is 4.88. The number of nitrogens with two attached hydrogens (primary N) is 1. The Morgan fingerprint density at radius 3 is 2.65 bits per heavy atom. The fourth-order valence-corrected chi connectivity index (χ4v) is 2.39. The number of benzene rings is 2. The Labute approximate surface area is 120 Å². The van der Waals surface area contributed by atoms with Crippen LogP contribution in [0.1, 0.15) is 29.7 Å². The maximum absolute atomic E-state index is 5.75. The van der Waals surface area contributed by atoms with Crippen molar-refractivity contribution in [2.24, 2.45) is 5.84 Å². The van der Waals surface area contributed by atoms with Crippen LogP contribution in [0.15, 0.2) is 48.5 Å². The van der Waals surface area contributed by atoms with Crippen LogP contribution in [0, 0.1) is 6.92 Å². The van der Waals surface area contributed by atoms with E-state index >= 15 is 0 Å². The lowest BCUT2D eigenvalue weighted by atomic mass is 9.97. The van der Waals surface area contributed by atoms with E-state index in [0.29, 0.717) is 6.61 Å². The van der Waals surface area contributed by atoms with Crippen molar-refractivity contribution in [2.75, 3.05) is 6.61 Å². The minimum atomic E-state index is 0.0413. The van der Waals surface area contributed by atoms with E-state index in [4.69, 9.17) is 10.6 Å². The molecule has 3 N–H and O–H groups in total. The van der Waals surface area contributed by atoms with E-state index in [2.05, 4.69) is 42.7 Å². The SMILES string of the molecule is CCOc1ccccc1C(Cc1cccc(C)c1)NN. The van der Waals surface area contributed by atoms with Gasteiger partial charge in [-0.2, -0.15) is 0 Å². The van der Waals surface area contributed by atoms with E-state index in [1.54, 1.807) is 0 Å². The summed E-state index contributed by atoms with van der Waals surface area (Å²) in [6.07, 6.45) is 0.836. The van der Waals surface area contributed by atoms with Gasteiger partial charge in [0.05, 0.1) is 12.6 Å². The van der Waals surface area contributed by atoms with Gasteiger partial charge in [0.15, 0.2) is 0 Å². The van der Waals surface area contributed by atoms with Gasteiger partial charge in [0, 0.05) is 5.56 Å². The number of hydrogen-bond donors (Lipinski definition) is 2. The Balaban J connectivity index is 2.24. The van der Waals surface area contributed by atoms with Crippen molar-refractivity contribution >= 4 is 0 Å². The second kappa shape index (κ2) is 7.08. The van der Waals surface area contributed by atoms with Gasteiger partial charge in [-0.1, -0.05) is 48.0 Å². The summed E-state index contributed by atoms with van der Waals surface area (Å²) in [5, 5.41) is 0. The van der Waals surface area contributed by atoms with Crippen molar-refractivity contribution in [3.63, 3.8) is 0 Å². The zero-order valence-corrected chi connectivity index (χ0v) is 12.1. The van der Waals surface area contributed by atoms with Crippen LogP contribution in [-0.2, 0) is 6.42 Å². The molecule has 0 heterocycles. The van der Waals surface area contributed by atoms with Crippen molar-refractivity contribution < 1.29 is 4.74 Å². The van der Waals surface area contributed by atoms with Crippen molar-refractivity contribution in [2.45, 2.75) is 26.3 Å². The number of hydrogen-bond acceptors (Lipinski definition) is 3. The van der Waals surface area contributed by atoms with Gasteiger partial charge >= 0.3 is 0 Å². The Kier molecular flexibility index (Phi) is 5.16. The van der Waals surface area contributed by atoms with E-state index in [1.807, 2.05) is 25.1 Å². The zero-order valence-electron chi connectivity index (χ0n) is 12.1. The summed E-state index contributed by atoms with van der Waals surface area (Å²) in [5.41, 5.74) is 6.52. The van der Waals surface area contributed by atoms with Crippen LogP contribution in [0.2, 0.25) is 0 Å². The lowest BCUT2D eigenvalue weighted by Gasteiger charge is -2.20. The summed E-state index contributed by atoms with van der Waals surface area (Å²) in [7, 11) is 0. The molecule has 0 spiro atoms. The smallest absolute Gasteiger partial charge is 0.124 e. The second-order valence-electron chi connectivity index (χ2n) is 4.88. The first-order chi connectivity index (χ1) is 9.74. The van der Waals surface area contributed by atoms with Gasteiger partial charge in [-0.15, -0.1) is 0 Å². The van der Waals surface area contributed by atoms with Gasteiger partial charge in [-0.05, 0) is 31.9 Å². The summed E-state index contributed by atoms with van der Waals surface area (Å²) >= 11 is 0. The number of para-hydroxylation sites is 1. The molecule has 0 aliphatic carbocycles. The molecule has 0 aromatic heterocycles. The lowest BCUT2D eigenvalue weighted by Crippen LogP contribution is -2.30. The first-order valence-electron chi connectivity index (χ1n) is 6.98. The minimum Gasteiger partial charge on any atom is -0.494 e. The molecule has 2 aromatic rings. The van der Waals surface area contributed by atoms with E-state index in [1.165, 1.54) is 11.1 Å². The number of ether oxygens (including phenoxy) is 1. The standard InChI is InChI=1S/C17H22N2O/c1-3-20-17-10-5-4-9-15(17)16(19-18)12-14-8-6-7-13(2)11-14/h4-11,16,19H,3,12,18H2,1-2H3. The van der Waals surface area contributed by atoms with Gasteiger partial charge in [0.25, 0.3) is 0 Å². The van der Waals surface area contributed by atoms with Crippen molar-refractivity contribution in [3.05, 3.63) is 65.2 Å². The average molecular weight is 270 g/mol. The van der Waals surface area contributed by atoms with E-state index in [0.717, 1.165) is 17.7 Å². The highest BCUT2D eigenvalue weighted by atomic mass is 16.5. The fraction of sp³-hybridized carbons (Fsp3) is 0.294. The summed E-state index contributed by atoms with van der Waals surface area (Å²) in [4.78, 5) is 0. The molecule has 3 heteroatoms. The highest BCUT2D eigenvalue weighted by Crippen LogP contribution is 2.27. The quantitative estimate of drug-likeness (QED) is 0.626. The third kappa shape index (κ3) is 3.59. The fourth-order valence-electron chi connectivity index (χ4n) is 2.39. The topological polar surface area (TPSA) is 47.3 Å². The molecule has 0 radical (unpaired) electrons. The van der Waals surface area contributed by atoms with Crippen molar-refractivity contribution in [3.8, 4) is 5.75 Å². The summed E-state index contributed by atoms with van der Waals surface area (Å²) in [6.45, 7) is 4.74. The van der Waals surface area contributed by atoms with Crippen LogP contribution >= 0.6 is 0 Å². The third-order valence-electron chi connectivity index (χ3n) is 3.32. The van der Waals surface area contributed by atoms with Crippen LogP contribution in [0.4, 0.5) is 0 Å². The highest BCUT2D eigenvalue weighted by molar-refractivity contribution is 5.37. The first kappa shape index (κ1) is 14.6. The molecule has 20 heavy (non-hydrogen) atoms. The molecule has 2 aromatic carbocycles. The van der Waals surface area contributed by atoms with E-state index < -0.39 is 0 Å². The molecule has 2 rings (SSSR count). The molecule has 0 fully saturated rings. The molecule has 0 bridgehead atoms. The van der Waals surface area contributed by atoms with Crippen molar-refractivity contribution in [1.82, 2.24) is 5.43 Å². The van der Waals surface area contributed by atoms with Crippen LogP contribution in [0.5, 0.6) is 5.75 Å². The predicted molar refractivity (Wildman–Crippen MR) is 82.6 cm³/mol. The Hall–Kier alpha value is -1.84. The lowest BCUT2D eigenvalue weighted by molar-refractivity contribution is 0.331. The maximum atomic E-state index is 5.75. The summed E-state index contributed by atoms with van der Waals surface area (Å²) in [5.74, 6) is 6.64. The Bertz CT molecular complexity index is 554. The molecule has 0 amide bonds. The van der Waals surface area contributed by atoms with Gasteiger partial charge < -0.3 is 4.74 Å². The molecule has 0 aliphatic rings. The molecule has 0 aliphatic heterocycles. The van der Waals surface area contributed by atoms with Crippen molar-refractivity contribution in [1.29, 1.82) is 0 Å². The van der Waals surface area contributed by atoms with Crippen LogP contribution in [0.25, 0.3) is 0 Å². The molecule has 0 saturated heterocycles. The average Bonchev–Trinajstić information content (AvgIpc) is 2.46. The molecule has 1 atom stereocenters. The molecular formula is C17H22N2O. The summed E-state index contributed by atoms with van der Waals surface area (Å²) in [6, 6.07) is 16.6. The normalized spacial score (nSPS) is 12.2. The highest BCUT2D eigenvalue weighted by Gasteiger charge is 2.15. The molecule has 1 unspecified atom stereocenters. The first-order valence-corrected chi connectivity index (χ1v) is 6.98. The maximum Gasteiger partial charge on any atom is 0.124 e. The van der Waals surface area contributed by atoms with Crippen LogP contribution in [-0.4, -0.2) is 6.61 Å². The third-order valence-corrected chi connectivity index (χ3v) is 3.32. The predicted octanol–water partition coefficient (Wildman–Crippen LogP) is 3.14. The molecule has 0 saturated carbocycles. The number of nitrogens with one attached hydrogen (secondary N) is 1. The monoisotopic (exact) mass is 270 g/mol. The summed E-state index contributed by atoms with van der Waals surface area (Å²) < 4.78 is 5.69. The van der Waals surface area contributed by atoms with Crippen LogP contribution < -0.4 is 16.0 Å². The molecule has 3 nitrogen and oxygen atoms in total. The van der Waals surface area contributed by atoms with E-state index in [-0.39, 0.29) is 6.04 Å².